The van der Waals surface area contributed by atoms with Crippen molar-refractivity contribution in [3.05, 3.63) is 12.2 Å². The quantitative estimate of drug-likeness (QED) is 0.455. The van der Waals surface area contributed by atoms with Gasteiger partial charge >= 0.3 is 5.97 Å². The summed E-state index contributed by atoms with van der Waals surface area (Å²) in [6.07, 6.45) is 0. The molecule has 0 rings (SSSR count). The Bertz CT molecular complexity index is 161. The third-order valence-corrected chi connectivity index (χ3v) is 1.22. The predicted molar refractivity (Wildman–Crippen MR) is 43.8 cm³/mol. The van der Waals surface area contributed by atoms with Crippen LogP contribution in [-0.2, 0) is 9.63 Å². The summed E-state index contributed by atoms with van der Waals surface area (Å²) in [6, 6.07) is 0. The van der Waals surface area contributed by atoms with Crippen LogP contribution in [0.25, 0.3) is 0 Å². The molecule has 0 radical (unpaired) electrons. The van der Waals surface area contributed by atoms with Gasteiger partial charge in [-0.15, -0.1) is 5.06 Å². The van der Waals surface area contributed by atoms with Crippen molar-refractivity contribution in [2.45, 2.75) is 13.8 Å². The van der Waals surface area contributed by atoms with Crippen LogP contribution in [0.4, 0.5) is 0 Å². The van der Waals surface area contributed by atoms with Gasteiger partial charge in [-0.2, -0.15) is 0 Å². The lowest BCUT2D eigenvalue weighted by Crippen LogP contribution is -2.21. The highest BCUT2D eigenvalue weighted by Gasteiger charge is 2.12. The summed E-state index contributed by atoms with van der Waals surface area (Å²) < 4.78 is 0. The molecule has 0 heterocycles. The topological polar surface area (TPSA) is 29.5 Å². The number of hydrogen-bond acceptors (Lipinski definition) is 3. The van der Waals surface area contributed by atoms with Crippen LogP contribution in [0.15, 0.2) is 12.2 Å². The molecule has 3 heteroatoms. The molecule has 3 nitrogen and oxygen atoms in total. The molecule has 0 aliphatic rings. The fraction of sp³-hybridized carbons (Fsp3) is 0.625. The Morgan fingerprint density at radius 3 is 2.18 bits per heavy atom. The van der Waals surface area contributed by atoms with E-state index in [4.69, 9.17) is 4.84 Å². The first-order valence-corrected chi connectivity index (χ1v) is 3.53. The minimum absolute atomic E-state index is 0.141. The molecule has 0 spiro atoms. The molecule has 0 atom stereocenters. The summed E-state index contributed by atoms with van der Waals surface area (Å²) >= 11 is 0. The van der Waals surface area contributed by atoms with E-state index < -0.39 is 0 Å². The molecule has 11 heavy (non-hydrogen) atoms. The molecule has 0 aromatic rings. The SMILES string of the molecule is C=C(C(=O)ON(C)C)C(C)C. The van der Waals surface area contributed by atoms with Crippen LogP contribution in [0, 0.1) is 5.92 Å². The first-order valence-electron chi connectivity index (χ1n) is 3.53. The van der Waals surface area contributed by atoms with Crippen molar-refractivity contribution in [2.24, 2.45) is 5.92 Å². The largest absolute Gasteiger partial charge is 0.365 e. The molecule has 0 unspecified atom stereocenters. The summed E-state index contributed by atoms with van der Waals surface area (Å²) in [5.41, 5.74) is 0.499. The van der Waals surface area contributed by atoms with Crippen molar-refractivity contribution in [1.29, 1.82) is 0 Å². The summed E-state index contributed by atoms with van der Waals surface area (Å²) in [6.45, 7) is 7.41. The fourth-order valence-electron chi connectivity index (χ4n) is 0.460. The van der Waals surface area contributed by atoms with Gasteiger partial charge in [0.15, 0.2) is 0 Å². The zero-order chi connectivity index (χ0) is 9.02. The summed E-state index contributed by atoms with van der Waals surface area (Å²) in [4.78, 5) is 15.8. The lowest BCUT2D eigenvalue weighted by Gasteiger charge is -2.12. The second-order valence-electron chi connectivity index (χ2n) is 2.87. The Kier molecular flexibility index (Phi) is 3.82. The van der Waals surface area contributed by atoms with Gasteiger partial charge in [0.25, 0.3) is 0 Å². The number of hydroxylamine groups is 2. The van der Waals surface area contributed by atoms with Crippen LogP contribution in [0.2, 0.25) is 0 Å². The molecule has 0 amide bonds. The molecule has 64 valence electrons. The maximum absolute atomic E-state index is 11.0. The van der Waals surface area contributed by atoms with Gasteiger partial charge in [-0.05, 0) is 5.92 Å². The van der Waals surface area contributed by atoms with Gasteiger partial charge in [0, 0.05) is 19.7 Å². The molecule has 0 saturated heterocycles. The molecular weight excluding hydrogens is 142 g/mol. The molecule has 0 aromatic carbocycles. The second-order valence-corrected chi connectivity index (χ2v) is 2.87. The highest BCUT2D eigenvalue weighted by Crippen LogP contribution is 2.08. The molecule has 0 fully saturated rings. The molecule has 0 bridgehead atoms. The van der Waals surface area contributed by atoms with Gasteiger partial charge in [-0.1, -0.05) is 20.4 Å². The Labute approximate surface area is 67.6 Å². The van der Waals surface area contributed by atoms with Crippen molar-refractivity contribution in [1.82, 2.24) is 5.06 Å². The number of hydrogen-bond donors (Lipinski definition) is 0. The molecule has 0 saturated carbocycles. The Hall–Kier alpha value is -0.830. The van der Waals surface area contributed by atoms with Gasteiger partial charge in [-0.3, -0.25) is 0 Å². The summed E-state index contributed by atoms with van der Waals surface area (Å²) in [5.74, 6) is -0.215. The second kappa shape index (κ2) is 4.13. The first-order chi connectivity index (χ1) is 4.95. The Morgan fingerprint density at radius 1 is 1.45 bits per heavy atom. The minimum Gasteiger partial charge on any atom is -0.365 e. The highest BCUT2D eigenvalue weighted by molar-refractivity contribution is 5.87. The van der Waals surface area contributed by atoms with E-state index in [0.717, 1.165) is 0 Å². The minimum atomic E-state index is -0.356. The van der Waals surface area contributed by atoms with Gasteiger partial charge in [-0.25, -0.2) is 4.79 Å². The summed E-state index contributed by atoms with van der Waals surface area (Å²) in [5, 5.41) is 1.36. The monoisotopic (exact) mass is 157 g/mol. The lowest BCUT2D eigenvalue weighted by molar-refractivity contribution is -0.173. The van der Waals surface area contributed by atoms with Crippen LogP contribution in [0.3, 0.4) is 0 Å². The van der Waals surface area contributed by atoms with Crippen molar-refractivity contribution >= 4 is 5.97 Å². The predicted octanol–water partition coefficient (Wildman–Crippen LogP) is 1.22. The number of nitrogens with zero attached hydrogens (tertiary/aromatic N) is 1. The van der Waals surface area contributed by atoms with Crippen molar-refractivity contribution in [3.63, 3.8) is 0 Å². The van der Waals surface area contributed by atoms with Gasteiger partial charge < -0.3 is 4.84 Å². The van der Waals surface area contributed by atoms with Crippen LogP contribution >= 0.6 is 0 Å². The van der Waals surface area contributed by atoms with E-state index in [1.54, 1.807) is 14.1 Å². The number of carbonyl (C=O) groups excluding carboxylic acids is 1. The van der Waals surface area contributed by atoms with E-state index in [1.165, 1.54) is 5.06 Å². The van der Waals surface area contributed by atoms with E-state index >= 15 is 0 Å². The van der Waals surface area contributed by atoms with Crippen molar-refractivity contribution in [3.8, 4) is 0 Å². The maximum Gasteiger partial charge on any atom is 0.352 e. The molecule has 0 aromatic heterocycles. The molecule has 0 N–H and O–H groups in total. The van der Waals surface area contributed by atoms with Crippen LogP contribution in [0.1, 0.15) is 13.8 Å². The highest BCUT2D eigenvalue weighted by atomic mass is 16.7. The molecule has 0 aliphatic carbocycles. The van der Waals surface area contributed by atoms with Crippen LogP contribution in [0.5, 0.6) is 0 Å². The number of rotatable bonds is 3. The van der Waals surface area contributed by atoms with Gasteiger partial charge in [0.1, 0.15) is 0 Å². The number of carbonyl (C=O) groups is 1. The smallest absolute Gasteiger partial charge is 0.352 e. The van der Waals surface area contributed by atoms with E-state index in [1.807, 2.05) is 13.8 Å². The summed E-state index contributed by atoms with van der Waals surface area (Å²) in [7, 11) is 3.32. The van der Waals surface area contributed by atoms with E-state index in [2.05, 4.69) is 6.58 Å². The fourth-order valence-corrected chi connectivity index (χ4v) is 0.460. The first kappa shape index (κ1) is 10.2. The maximum atomic E-state index is 11.0. The zero-order valence-corrected chi connectivity index (χ0v) is 7.55. The van der Waals surface area contributed by atoms with E-state index in [9.17, 15) is 4.79 Å². The normalized spacial score (nSPS) is 10.4. The van der Waals surface area contributed by atoms with Gasteiger partial charge in [0.2, 0.25) is 0 Å². The van der Waals surface area contributed by atoms with Crippen LogP contribution < -0.4 is 0 Å². The average Bonchev–Trinajstić information content (AvgIpc) is 1.84. The Balaban J connectivity index is 3.94. The average molecular weight is 157 g/mol. The lowest BCUT2D eigenvalue weighted by atomic mass is 10.1. The third-order valence-electron chi connectivity index (χ3n) is 1.22. The van der Waals surface area contributed by atoms with E-state index in [-0.39, 0.29) is 11.9 Å². The molecular formula is C8H15NO2. The third kappa shape index (κ3) is 3.78. The van der Waals surface area contributed by atoms with Gasteiger partial charge in [0.05, 0.1) is 0 Å². The molecule has 0 aliphatic heterocycles. The zero-order valence-electron chi connectivity index (χ0n) is 7.55. The van der Waals surface area contributed by atoms with Crippen molar-refractivity contribution < 1.29 is 9.63 Å². The standard InChI is InChI=1S/C8H15NO2/c1-6(2)7(3)8(10)11-9(4)5/h6H,3H2,1-2,4-5H3. The Morgan fingerprint density at radius 2 is 1.91 bits per heavy atom. The van der Waals surface area contributed by atoms with Crippen molar-refractivity contribution in [2.75, 3.05) is 14.1 Å². The van der Waals surface area contributed by atoms with Crippen LogP contribution in [-0.4, -0.2) is 25.1 Å². The van der Waals surface area contributed by atoms with E-state index in [0.29, 0.717) is 5.57 Å².